The SMILES string of the molecule is CC(C)(C)c1ccc(-c2ccccc2N(c2ccccc2)c2ccc3cc4c(cc3c2)oc2cc3cc(N(c5cccc(-c6ccccc6)c5)c5ccccc5-c5ccccc5)ccc3cc24)cc1. The van der Waals surface area contributed by atoms with Crippen LogP contribution in [0.15, 0.2) is 253 Å². The van der Waals surface area contributed by atoms with E-state index >= 15 is 0 Å². The predicted molar refractivity (Wildman–Crippen MR) is 293 cm³/mol. The van der Waals surface area contributed by atoms with Crippen LogP contribution in [0.3, 0.4) is 0 Å². The van der Waals surface area contributed by atoms with Crippen LogP contribution in [0.5, 0.6) is 0 Å². The first-order chi connectivity index (χ1) is 33.8. The molecule has 0 aliphatic heterocycles. The van der Waals surface area contributed by atoms with Crippen molar-refractivity contribution in [2.24, 2.45) is 0 Å². The molecular weight excluding hydrogens is 837 g/mol. The topological polar surface area (TPSA) is 19.6 Å². The third-order valence-electron chi connectivity index (χ3n) is 13.5. The van der Waals surface area contributed by atoms with Crippen LogP contribution in [0.2, 0.25) is 0 Å². The summed E-state index contributed by atoms with van der Waals surface area (Å²) in [6.45, 7) is 6.79. The maximum Gasteiger partial charge on any atom is 0.136 e. The molecule has 69 heavy (non-hydrogen) atoms. The molecule has 0 fully saturated rings. The lowest BCUT2D eigenvalue weighted by molar-refractivity contribution is 0.590. The van der Waals surface area contributed by atoms with Gasteiger partial charge in [0.05, 0.1) is 11.4 Å². The van der Waals surface area contributed by atoms with Crippen molar-refractivity contribution in [3.63, 3.8) is 0 Å². The molecule has 12 rings (SSSR count). The predicted octanol–water partition coefficient (Wildman–Crippen LogP) is 19.1. The van der Waals surface area contributed by atoms with Crippen molar-refractivity contribution in [2.45, 2.75) is 26.2 Å². The number of hydrogen-bond donors (Lipinski definition) is 0. The molecule has 0 atom stereocenters. The van der Waals surface area contributed by atoms with Gasteiger partial charge in [0.15, 0.2) is 0 Å². The van der Waals surface area contributed by atoms with Crippen LogP contribution >= 0.6 is 0 Å². The number of benzene rings is 11. The fourth-order valence-electron chi connectivity index (χ4n) is 9.99. The zero-order chi connectivity index (χ0) is 46.5. The molecule has 0 bridgehead atoms. The van der Waals surface area contributed by atoms with Crippen LogP contribution in [-0.4, -0.2) is 0 Å². The zero-order valence-electron chi connectivity index (χ0n) is 39.0. The molecule has 0 spiro atoms. The van der Waals surface area contributed by atoms with Crippen molar-refractivity contribution in [3.8, 4) is 33.4 Å². The van der Waals surface area contributed by atoms with Crippen molar-refractivity contribution in [1.29, 1.82) is 0 Å². The van der Waals surface area contributed by atoms with E-state index in [1.165, 1.54) is 33.4 Å². The zero-order valence-corrected chi connectivity index (χ0v) is 39.0. The van der Waals surface area contributed by atoms with Crippen LogP contribution in [-0.2, 0) is 5.41 Å². The Hall–Kier alpha value is -8.66. The number of fused-ring (bicyclic) bond motifs is 5. The van der Waals surface area contributed by atoms with Crippen molar-refractivity contribution < 1.29 is 4.42 Å². The molecular formula is C66H50N2O. The lowest BCUT2D eigenvalue weighted by Gasteiger charge is -2.28. The molecule has 0 amide bonds. The van der Waals surface area contributed by atoms with Crippen LogP contribution in [0.4, 0.5) is 34.1 Å². The highest BCUT2D eigenvalue weighted by atomic mass is 16.3. The van der Waals surface area contributed by atoms with Gasteiger partial charge >= 0.3 is 0 Å². The molecule has 0 radical (unpaired) electrons. The van der Waals surface area contributed by atoms with Crippen molar-refractivity contribution in [1.82, 2.24) is 0 Å². The third kappa shape index (κ3) is 7.88. The fraction of sp³-hybridized carbons (Fsp3) is 0.0606. The third-order valence-corrected chi connectivity index (χ3v) is 13.5. The lowest BCUT2D eigenvalue weighted by Crippen LogP contribution is -2.12. The summed E-state index contributed by atoms with van der Waals surface area (Å²) in [4.78, 5) is 4.76. The van der Waals surface area contributed by atoms with Gasteiger partial charge in [-0.3, -0.25) is 0 Å². The molecule has 0 aliphatic rings. The number of furan rings is 1. The van der Waals surface area contributed by atoms with Crippen molar-refractivity contribution in [2.75, 3.05) is 9.80 Å². The molecule has 12 aromatic rings. The van der Waals surface area contributed by atoms with E-state index in [2.05, 4.69) is 279 Å². The summed E-state index contributed by atoms with van der Waals surface area (Å²) in [5, 5.41) is 6.76. The van der Waals surface area contributed by atoms with E-state index in [9.17, 15) is 0 Å². The van der Waals surface area contributed by atoms with Gasteiger partial charge in [-0.25, -0.2) is 0 Å². The first-order valence-electron chi connectivity index (χ1n) is 23.8. The Kier molecular flexibility index (Phi) is 10.4. The highest BCUT2D eigenvalue weighted by Crippen LogP contribution is 2.45. The summed E-state index contributed by atoms with van der Waals surface area (Å²) in [5.41, 5.74) is 16.7. The molecule has 1 heterocycles. The first kappa shape index (κ1) is 41.7. The molecule has 0 saturated heterocycles. The second kappa shape index (κ2) is 17.2. The van der Waals surface area contributed by atoms with Crippen molar-refractivity contribution in [3.05, 3.63) is 254 Å². The van der Waals surface area contributed by atoms with Crippen LogP contribution in [0.1, 0.15) is 26.3 Å². The van der Waals surface area contributed by atoms with Gasteiger partial charge in [-0.1, -0.05) is 185 Å². The highest BCUT2D eigenvalue weighted by molar-refractivity contribution is 6.14. The Morgan fingerprint density at radius 1 is 0.304 bits per heavy atom. The Labute approximate surface area is 403 Å². The van der Waals surface area contributed by atoms with Gasteiger partial charge in [0.2, 0.25) is 0 Å². The van der Waals surface area contributed by atoms with Gasteiger partial charge in [0.1, 0.15) is 11.2 Å². The summed E-state index contributed by atoms with van der Waals surface area (Å²) in [6.07, 6.45) is 0. The van der Waals surface area contributed by atoms with E-state index in [-0.39, 0.29) is 5.41 Å². The maximum atomic E-state index is 6.83. The minimum atomic E-state index is 0.0798. The Bertz CT molecular complexity index is 3810. The highest BCUT2D eigenvalue weighted by Gasteiger charge is 2.21. The summed E-state index contributed by atoms with van der Waals surface area (Å²) < 4.78 is 6.83. The number of anilines is 6. The van der Waals surface area contributed by atoms with Crippen LogP contribution < -0.4 is 9.80 Å². The molecule has 3 nitrogen and oxygen atoms in total. The van der Waals surface area contributed by atoms with E-state index in [0.29, 0.717) is 0 Å². The largest absolute Gasteiger partial charge is 0.456 e. The normalized spacial score (nSPS) is 11.7. The molecule has 0 unspecified atom stereocenters. The van der Waals surface area contributed by atoms with Crippen LogP contribution in [0.25, 0.3) is 76.9 Å². The number of hydrogen-bond acceptors (Lipinski definition) is 3. The summed E-state index contributed by atoms with van der Waals surface area (Å²) >= 11 is 0. The Morgan fingerprint density at radius 3 is 1.29 bits per heavy atom. The summed E-state index contributed by atoms with van der Waals surface area (Å²) in [7, 11) is 0. The number of nitrogens with zero attached hydrogens (tertiary/aromatic N) is 2. The van der Waals surface area contributed by atoms with E-state index in [0.717, 1.165) is 83.2 Å². The fourth-order valence-corrected chi connectivity index (χ4v) is 9.99. The van der Waals surface area contributed by atoms with Gasteiger partial charge in [-0.05, 0) is 140 Å². The van der Waals surface area contributed by atoms with E-state index < -0.39 is 0 Å². The smallest absolute Gasteiger partial charge is 0.136 e. The molecule has 1 aromatic heterocycles. The molecule has 11 aromatic carbocycles. The Morgan fingerprint density at radius 2 is 0.739 bits per heavy atom. The van der Waals surface area contributed by atoms with Gasteiger partial charge in [0, 0.05) is 44.6 Å². The average Bonchev–Trinajstić information content (AvgIpc) is 3.74. The van der Waals surface area contributed by atoms with Crippen LogP contribution in [0, 0.1) is 0 Å². The monoisotopic (exact) mass is 886 g/mol. The van der Waals surface area contributed by atoms with E-state index in [1.54, 1.807) is 0 Å². The molecule has 0 N–H and O–H groups in total. The Balaban J connectivity index is 0.962. The molecule has 0 aliphatic carbocycles. The first-order valence-corrected chi connectivity index (χ1v) is 23.8. The minimum Gasteiger partial charge on any atom is -0.456 e. The standard InChI is InChI=1S/C66H50N2O/c1-66(2,3)53-34-30-47(31-35-53)59-27-14-15-28-62(59)67(54-23-11-6-12-24-54)56-36-32-49-41-60-61-42-50-33-37-57(40-52(50)44-65(61)69-64(60)43-51(49)39-56)68(55-25-17-22-48(38-55)45-18-7-4-8-19-45)63-29-16-13-26-58(63)46-20-9-5-10-21-46/h4-44H,1-3H3. The van der Waals surface area contributed by atoms with Crippen molar-refractivity contribution >= 4 is 77.6 Å². The van der Waals surface area contributed by atoms with Gasteiger partial charge in [0.25, 0.3) is 0 Å². The minimum absolute atomic E-state index is 0.0798. The quantitative estimate of drug-likeness (QED) is 0.144. The molecule has 330 valence electrons. The molecule has 0 saturated carbocycles. The number of para-hydroxylation sites is 3. The average molecular weight is 887 g/mol. The van der Waals surface area contributed by atoms with Gasteiger partial charge in [-0.15, -0.1) is 0 Å². The lowest BCUT2D eigenvalue weighted by atomic mass is 9.86. The number of rotatable bonds is 9. The second-order valence-corrected chi connectivity index (χ2v) is 19.0. The summed E-state index contributed by atoms with van der Waals surface area (Å²) in [5.74, 6) is 0. The van der Waals surface area contributed by atoms with Gasteiger partial charge in [-0.2, -0.15) is 0 Å². The molecule has 3 heteroatoms. The van der Waals surface area contributed by atoms with Gasteiger partial charge < -0.3 is 14.2 Å². The van der Waals surface area contributed by atoms with E-state index in [1.807, 2.05) is 0 Å². The summed E-state index contributed by atoms with van der Waals surface area (Å²) in [6, 6.07) is 89.9. The maximum absolute atomic E-state index is 6.83. The second-order valence-electron chi connectivity index (χ2n) is 19.0. The van der Waals surface area contributed by atoms with E-state index in [4.69, 9.17) is 4.42 Å².